The van der Waals surface area contributed by atoms with Crippen LogP contribution in [0.25, 0.3) is 0 Å². The number of aldehydes is 1. The molecule has 1 aliphatic heterocycles. The van der Waals surface area contributed by atoms with Gasteiger partial charge in [-0.25, -0.2) is 0 Å². The molecular weight excluding hydrogens is 228 g/mol. The largest absolute Gasteiger partial charge is 0.495 e. The van der Waals surface area contributed by atoms with Crippen LogP contribution >= 0.6 is 11.6 Å². The zero-order valence-electron chi connectivity index (χ0n) is 9.25. The first-order valence-electron chi connectivity index (χ1n) is 5.16. The quantitative estimate of drug-likeness (QED) is 0.762. The maximum Gasteiger partial charge on any atom is 0.145 e. The monoisotopic (exact) mass is 240 g/mol. The predicted octanol–water partition coefficient (Wildman–Crippen LogP) is 2.41. The van der Waals surface area contributed by atoms with E-state index in [0.29, 0.717) is 22.9 Å². The average Bonchev–Trinajstić information content (AvgIpc) is 2.60. The van der Waals surface area contributed by atoms with Crippen molar-refractivity contribution in [3.8, 4) is 11.5 Å². The molecule has 1 aliphatic rings. The van der Waals surface area contributed by atoms with Gasteiger partial charge in [0, 0.05) is 18.4 Å². The molecule has 0 radical (unpaired) electrons. The Balaban J connectivity index is 2.53. The molecule has 0 fully saturated rings. The summed E-state index contributed by atoms with van der Waals surface area (Å²) in [7, 11) is 1.54. The van der Waals surface area contributed by atoms with Crippen LogP contribution in [0.3, 0.4) is 0 Å². The van der Waals surface area contributed by atoms with Crippen LogP contribution in [0, 0.1) is 0 Å². The van der Waals surface area contributed by atoms with Gasteiger partial charge < -0.3 is 14.3 Å². The fourth-order valence-corrected chi connectivity index (χ4v) is 2.38. The number of benzene rings is 1. The number of halogens is 1. The van der Waals surface area contributed by atoms with Gasteiger partial charge in [-0.2, -0.15) is 0 Å². The second-order valence-corrected chi connectivity index (χ2v) is 4.25. The molecule has 2 rings (SSSR count). The molecule has 0 bridgehead atoms. The van der Waals surface area contributed by atoms with Gasteiger partial charge in [0.25, 0.3) is 0 Å². The fraction of sp³-hybridized carbons (Fsp3) is 0.417. The van der Waals surface area contributed by atoms with Crippen molar-refractivity contribution in [1.29, 1.82) is 0 Å². The zero-order chi connectivity index (χ0) is 11.7. The van der Waals surface area contributed by atoms with Crippen LogP contribution in [0.2, 0.25) is 5.02 Å². The lowest BCUT2D eigenvalue weighted by atomic mass is 10.0. The molecule has 1 heterocycles. The number of carbonyl (C=O) groups is 1. The molecule has 1 aromatic rings. The lowest BCUT2D eigenvalue weighted by Gasteiger charge is -2.12. The molecule has 0 saturated heterocycles. The third kappa shape index (κ3) is 1.76. The van der Waals surface area contributed by atoms with Crippen LogP contribution in [0.4, 0.5) is 0 Å². The minimum Gasteiger partial charge on any atom is -0.495 e. The van der Waals surface area contributed by atoms with Gasteiger partial charge in [-0.05, 0) is 18.6 Å². The molecule has 16 heavy (non-hydrogen) atoms. The van der Waals surface area contributed by atoms with Crippen LogP contribution < -0.4 is 9.47 Å². The second-order valence-electron chi connectivity index (χ2n) is 3.87. The van der Waals surface area contributed by atoms with E-state index in [4.69, 9.17) is 21.1 Å². The first-order valence-corrected chi connectivity index (χ1v) is 5.53. The molecule has 0 amide bonds. The zero-order valence-corrected chi connectivity index (χ0v) is 10.0. The molecular formula is C12H13ClO3. The van der Waals surface area contributed by atoms with E-state index >= 15 is 0 Å². The van der Waals surface area contributed by atoms with Crippen LogP contribution in [0.15, 0.2) is 6.07 Å². The van der Waals surface area contributed by atoms with E-state index in [1.807, 2.05) is 13.0 Å². The standard InChI is InChI=1S/C12H13ClO3/c1-7-5-9-6-8(3-4-14)11(15-2)10(13)12(9)16-7/h4,6-7H,3,5H2,1-2H3. The van der Waals surface area contributed by atoms with E-state index in [2.05, 4.69) is 0 Å². The predicted molar refractivity (Wildman–Crippen MR) is 61.6 cm³/mol. The van der Waals surface area contributed by atoms with Crippen molar-refractivity contribution < 1.29 is 14.3 Å². The van der Waals surface area contributed by atoms with Gasteiger partial charge in [0.15, 0.2) is 0 Å². The normalized spacial score (nSPS) is 17.8. The van der Waals surface area contributed by atoms with Gasteiger partial charge in [0.2, 0.25) is 0 Å². The number of carbonyl (C=O) groups excluding carboxylic acids is 1. The lowest BCUT2D eigenvalue weighted by molar-refractivity contribution is -0.107. The minimum atomic E-state index is 0.128. The maximum atomic E-state index is 10.6. The molecule has 0 aromatic heterocycles. The number of hydrogen-bond acceptors (Lipinski definition) is 3. The van der Waals surface area contributed by atoms with Gasteiger partial charge in [-0.1, -0.05) is 11.6 Å². The Morgan fingerprint density at radius 2 is 2.44 bits per heavy atom. The molecule has 0 N–H and O–H groups in total. The summed E-state index contributed by atoms with van der Waals surface area (Å²) in [5.41, 5.74) is 1.87. The van der Waals surface area contributed by atoms with E-state index in [9.17, 15) is 4.79 Å². The molecule has 0 aliphatic carbocycles. The number of fused-ring (bicyclic) bond motifs is 1. The number of methoxy groups -OCH3 is 1. The van der Waals surface area contributed by atoms with Gasteiger partial charge in [-0.15, -0.1) is 0 Å². The van der Waals surface area contributed by atoms with E-state index in [-0.39, 0.29) is 6.10 Å². The van der Waals surface area contributed by atoms with Crippen LogP contribution in [-0.2, 0) is 17.6 Å². The summed E-state index contributed by atoms with van der Waals surface area (Å²) >= 11 is 6.19. The van der Waals surface area contributed by atoms with Crippen molar-refractivity contribution in [1.82, 2.24) is 0 Å². The van der Waals surface area contributed by atoms with Gasteiger partial charge in [0.1, 0.15) is 28.9 Å². The highest BCUT2D eigenvalue weighted by molar-refractivity contribution is 6.33. The van der Waals surface area contributed by atoms with Crippen molar-refractivity contribution in [2.45, 2.75) is 25.9 Å². The summed E-state index contributed by atoms with van der Waals surface area (Å²) in [5, 5.41) is 0.473. The Bertz CT molecular complexity index is 429. The molecule has 86 valence electrons. The number of hydrogen-bond donors (Lipinski definition) is 0. The third-order valence-electron chi connectivity index (χ3n) is 2.66. The Hall–Kier alpha value is -1.22. The highest BCUT2D eigenvalue weighted by atomic mass is 35.5. The molecule has 0 saturated carbocycles. The highest BCUT2D eigenvalue weighted by Gasteiger charge is 2.26. The van der Waals surface area contributed by atoms with Gasteiger partial charge in [0.05, 0.1) is 7.11 Å². The smallest absolute Gasteiger partial charge is 0.145 e. The van der Waals surface area contributed by atoms with Crippen molar-refractivity contribution in [3.63, 3.8) is 0 Å². The van der Waals surface area contributed by atoms with Crippen LogP contribution in [0.5, 0.6) is 11.5 Å². The van der Waals surface area contributed by atoms with Crippen LogP contribution in [0.1, 0.15) is 18.1 Å². The Morgan fingerprint density at radius 3 is 3.06 bits per heavy atom. The molecule has 3 nitrogen and oxygen atoms in total. The number of ether oxygens (including phenoxy) is 2. The number of rotatable bonds is 3. The van der Waals surface area contributed by atoms with E-state index in [1.54, 1.807) is 7.11 Å². The van der Waals surface area contributed by atoms with E-state index in [1.165, 1.54) is 0 Å². The fourth-order valence-electron chi connectivity index (χ4n) is 2.02. The first-order chi connectivity index (χ1) is 7.67. The SMILES string of the molecule is COc1c(CC=O)cc2c(c1Cl)OC(C)C2. The molecule has 1 aromatic carbocycles. The Morgan fingerprint density at radius 1 is 1.69 bits per heavy atom. The summed E-state index contributed by atoms with van der Waals surface area (Å²) < 4.78 is 10.8. The van der Waals surface area contributed by atoms with Crippen molar-refractivity contribution in [2.75, 3.05) is 7.11 Å². The van der Waals surface area contributed by atoms with Gasteiger partial charge in [-0.3, -0.25) is 0 Å². The molecule has 1 atom stereocenters. The lowest BCUT2D eigenvalue weighted by Crippen LogP contribution is -2.05. The minimum absolute atomic E-state index is 0.128. The average molecular weight is 241 g/mol. The highest BCUT2D eigenvalue weighted by Crippen LogP contribution is 2.43. The molecule has 4 heteroatoms. The maximum absolute atomic E-state index is 10.6. The summed E-state index contributed by atoms with van der Waals surface area (Å²) in [6, 6.07) is 1.94. The Kier molecular flexibility index (Phi) is 3.06. The third-order valence-corrected chi connectivity index (χ3v) is 3.01. The molecule has 0 spiro atoms. The molecule has 1 unspecified atom stereocenters. The van der Waals surface area contributed by atoms with Crippen LogP contribution in [-0.4, -0.2) is 19.5 Å². The Labute approximate surface area is 99.3 Å². The first kappa shape index (κ1) is 11.3. The van der Waals surface area contributed by atoms with Crippen molar-refractivity contribution >= 4 is 17.9 Å². The van der Waals surface area contributed by atoms with Crippen molar-refractivity contribution in [2.24, 2.45) is 0 Å². The second kappa shape index (κ2) is 4.34. The van der Waals surface area contributed by atoms with Crippen molar-refractivity contribution in [3.05, 3.63) is 22.2 Å². The van der Waals surface area contributed by atoms with Gasteiger partial charge >= 0.3 is 0 Å². The van der Waals surface area contributed by atoms with E-state index in [0.717, 1.165) is 23.8 Å². The summed E-state index contributed by atoms with van der Waals surface area (Å²) in [6.45, 7) is 1.99. The summed E-state index contributed by atoms with van der Waals surface area (Å²) in [6.07, 6.45) is 2.11. The van der Waals surface area contributed by atoms with E-state index < -0.39 is 0 Å². The summed E-state index contributed by atoms with van der Waals surface area (Å²) in [4.78, 5) is 10.6. The summed E-state index contributed by atoms with van der Waals surface area (Å²) in [5.74, 6) is 1.24. The topological polar surface area (TPSA) is 35.5 Å².